The lowest BCUT2D eigenvalue weighted by Crippen LogP contribution is -2.50. The fraction of sp³-hybridized carbons (Fsp3) is 0.750. The van der Waals surface area contributed by atoms with Crippen molar-refractivity contribution in [2.75, 3.05) is 13.2 Å². The van der Waals surface area contributed by atoms with Gasteiger partial charge in [0.2, 0.25) is 0 Å². The second-order valence-electron chi connectivity index (χ2n) is 8.56. The second-order valence-corrected chi connectivity index (χ2v) is 8.56. The van der Waals surface area contributed by atoms with Crippen molar-refractivity contribution in [3.8, 4) is 0 Å². The number of carbonyl (C=O) groups excluding carboxylic acids is 1. The molecule has 0 aromatic rings. The van der Waals surface area contributed by atoms with Gasteiger partial charge < -0.3 is 19.7 Å². The zero-order chi connectivity index (χ0) is 18.0. The number of fused-ring (bicyclic) bond motifs is 1. The number of aliphatic hydroxyl groups is 2. The summed E-state index contributed by atoms with van der Waals surface area (Å²) >= 11 is 0. The van der Waals surface area contributed by atoms with Crippen molar-refractivity contribution in [2.45, 2.75) is 70.9 Å². The number of aliphatic hydroxyl groups excluding tert-OH is 1. The first-order valence-electron chi connectivity index (χ1n) is 9.36. The van der Waals surface area contributed by atoms with E-state index in [9.17, 15) is 15.0 Å². The molecule has 25 heavy (non-hydrogen) atoms. The molecule has 0 radical (unpaired) electrons. The lowest BCUT2D eigenvalue weighted by molar-refractivity contribution is -0.197. The number of rotatable bonds is 3. The topological polar surface area (TPSA) is 76.0 Å². The van der Waals surface area contributed by atoms with Crippen LogP contribution in [0.1, 0.15) is 52.9 Å². The molecule has 2 fully saturated rings. The van der Waals surface area contributed by atoms with E-state index in [4.69, 9.17) is 9.47 Å². The molecule has 0 aromatic heterocycles. The molecule has 4 atom stereocenters. The van der Waals surface area contributed by atoms with Crippen LogP contribution >= 0.6 is 0 Å². The normalized spacial score (nSPS) is 42.6. The van der Waals surface area contributed by atoms with E-state index in [1.165, 1.54) is 0 Å². The molecule has 1 saturated carbocycles. The van der Waals surface area contributed by atoms with Crippen molar-refractivity contribution >= 4 is 5.78 Å². The van der Waals surface area contributed by atoms with Crippen LogP contribution in [0.4, 0.5) is 0 Å². The van der Waals surface area contributed by atoms with E-state index in [1.54, 1.807) is 6.92 Å². The van der Waals surface area contributed by atoms with E-state index in [0.29, 0.717) is 12.2 Å². The van der Waals surface area contributed by atoms with Crippen LogP contribution in [0.25, 0.3) is 0 Å². The molecule has 1 unspecified atom stereocenters. The monoisotopic (exact) mass is 348 g/mol. The van der Waals surface area contributed by atoms with Crippen molar-refractivity contribution in [3.05, 3.63) is 22.8 Å². The molecule has 0 amide bonds. The van der Waals surface area contributed by atoms with Crippen LogP contribution in [0.15, 0.2) is 22.8 Å². The largest absolute Gasteiger partial charge is 0.395 e. The molecule has 0 bridgehead atoms. The smallest absolute Gasteiger partial charge is 0.195 e. The summed E-state index contributed by atoms with van der Waals surface area (Å²) in [7, 11) is 0. The van der Waals surface area contributed by atoms with E-state index in [2.05, 4.69) is 0 Å². The SMILES string of the molecule is CC1=C2C(=C[C@@](C)(CO)[C@@H]2OC2CCCCO2)C(=O)[C@](C)(O)C12CC2. The van der Waals surface area contributed by atoms with Gasteiger partial charge in [-0.3, -0.25) is 4.79 Å². The van der Waals surface area contributed by atoms with Crippen LogP contribution in [0, 0.1) is 10.8 Å². The number of hydrogen-bond acceptors (Lipinski definition) is 5. The van der Waals surface area contributed by atoms with Crippen molar-refractivity contribution in [3.63, 3.8) is 0 Å². The fourth-order valence-corrected chi connectivity index (χ4v) is 4.95. The summed E-state index contributed by atoms with van der Waals surface area (Å²) in [5.41, 5.74) is -0.0804. The number of ether oxygens (including phenoxy) is 2. The zero-order valence-corrected chi connectivity index (χ0v) is 15.3. The lowest BCUT2D eigenvalue weighted by Gasteiger charge is -2.41. The van der Waals surface area contributed by atoms with Gasteiger partial charge in [-0.2, -0.15) is 0 Å². The van der Waals surface area contributed by atoms with Crippen molar-refractivity contribution in [2.24, 2.45) is 10.8 Å². The highest BCUT2D eigenvalue weighted by Crippen LogP contribution is 2.65. The molecular formula is C20H28O5. The van der Waals surface area contributed by atoms with Crippen molar-refractivity contribution < 1.29 is 24.5 Å². The minimum atomic E-state index is -1.38. The third-order valence-electron chi connectivity index (χ3n) is 6.88. The number of hydrogen-bond donors (Lipinski definition) is 2. The first-order valence-corrected chi connectivity index (χ1v) is 9.36. The van der Waals surface area contributed by atoms with E-state index >= 15 is 0 Å². The van der Waals surface area contributed by atoms with E-state index < -0.39 is 22.5 Å². The summed E-state index contributed by atoms with van der Waals surface area (Å²) < 4.78 is 12.1. The molecule has 3 aliphatic carbocycles. The van der Waals surface area contributed by atoms with Crippen molar-refractivity contribution in [1.29, 1.82) is 0 Å². The molecule has 1 saturated heterocycles. The maximum absolute atomic E-state index is 13.1. The van der Waals surface area contributed by atoms with E-state index in [0.717, 1.165) is 43.3 Å². The Labute approximate surface area is 148 Å². The minimum Gasteiger partial charge on any atom is -0.395 e. The van der Waals surface area contributed by atoms with Gasteiger partial charge in [-0.15, -0.1) is 0 Å². The van der Waals surface area contributed by atoms with Crippen LogP contribution in [-0.2, 0) is 14.3 Å². The Bertz CT molecular complexity index is 664. The number of Topliss-reactive ketones (excluding diaryl/α,β-unsaturated/α-hetero) is 1. The van der Waals surface area contributed by atoms with Crippen molar-refractivity contribution in [1.82, 2.24) is 0 Å². The third-order valence-corrected chi connectivity index (χ3v) is 6.88. The Balaban J connectivity index is 1.78. The third kappa shape index (κ3) is 2.26. The molecular weight excluding hydrogens is 320 g/mol. The molecule has 4 rings (SSSR count). The number of carbonyl (C=O) groups is 1. The van der Waals surface area contributed by atoms with Crippen LogP contribution in [-0.4, -0.2) is 47.2 Å². The summed E-state index contributed by atoms with van der Waals surface area (Å²) in [5, 5.41) is 21.0. The Kier molecular flexibility index (Phi) is 3.82. The van der Waals surface area contributed by atoms with Gasteiger partial charge in [0, 0.05) is 23.0 Å². The van der Waals surface area contributed by atoms with E-state index in [-0.39, 0.29) is 18.7 Å². The Morgan fingerprint density at radius 3 is 2.60 bits per heavy atom. The van der Waals surface area contributed by atoms with E-state index in [1.807, 2.05) is 19.9 Å². The first kappa shape index (κ1) is 17.4. The van der Waals surface area contributed by atoms with Crippen LogP contribution in [0.5, 0.6) is 0 Å². The molecule has 4 aliphatic rings. The molecule has 138 valence electrons. The van der Waals surface area contributed by atoms with Crippen LogP contribution in [0.3, 0.4) is 0 Å². The standard InChI is InChI=1S/C20H28O5/c1-12-15-13(16(22)19(3,23)20(12)7-8-20)10-18(2,11-21)17(15)25-14-6-4-5-9-24-14/h10,14,17,21,23H,4-9,11H2,1-3H3/t14?,17-,18+,19+/m1/s1. The Hall–Kier alpha value is -1.01. The molecule has 2 N–H and O–H groups in total. The molecule has 1 aliphatic heterocycles. The van der Waals surface area contributed by atoms with Gasteiger partial charge in [0.1, 0.15) is 5.60 Å². The van der Waals surface area contributed by atoms with Crippen LogP contribution < -0.4 is 0 Å². The quantitative estimate of drug-likeness (QED) is 0.818. The predicted molar refractivity (Wildman–Crippen MR) is 91.7 cm³/mol. The van der Waals surface area contributed by atoms with Gasteiger partial charge in [0.25, 0.3) is 0 Å². The predicted octanol–water partition coefficient (Wildman–Crippen LogP) is 2.27. The van der Waals surface area contributed by atoms with Gasteiger partial charge in [-0.05, 0) is 51.5 Å². The molecule has 1 heterocycles. The zero-order valence-electron chi connectivity index (χ0n) is 15.3. The summed E-state index contributed by atoms with van der Waals surface area (Å²) in [6, 6.07) is 0. The lowest BCUT2D eigenvalue weighted by atomic mass is 9.67. The molecule has 0 aromatic carbocycles. The highest BCUT2D eigenvalue weighted by molar-refractivity contribution is 6.09. The first-order chi connectivity index (χ1) is 11.8. The minimum absolute atomic E-state index is 0.118. The fourth-order valence-electron chi connectivity index (χ4n) is 4.95. The molecule has 1 spiro atoms. The van der Waals surface area contributed by atoms with Crippen LogP contribution in [0.2, 0.25) is 0 Å². The average Bonchev–Trinajstić information content (AvgIpc) is 3.36. The summed E-state index contributed by atoms with van der Waals surface area (Å²) in [6.07, 6.45) is 5.66. The molecule has 5 nitrogen and oxygen atoms in total. The summed E-state index contributed by atoms with van der Waals surface area (Å²) in [5.74, 6) is -0.235. The highest BCUT2D eigenvalue weighted by atomic mass is 16.7. The summed E-state index contributed by atoms with van der Waals surface area (Å²) in [6.45, 7) is 6.13. The number of ketones is 1. The second kappa shape index (κ2) is 5.49. The van der Waals surface area contributed by atoms with Gasteiger partial charge in [0.15, 0.2) is 12.1 Å². The van der Waals surface area contributed by atoms with Gasteiger partial charge in [0.05, 0.1) is 12.7 Å². The highest BCUT2D eigenvalue weighted by Gasteiger charge is 2.66. The summed E-state index contributed by atoms with van der Waals surface area (Å²) in [4.78, 5) is 13.1. The van der Waals surface area contributed by atoms with Gasteiger partial charge >= 0.3 is 0 Å². The average molecular weight is 348 g/mol. The maximum Gasteiger partial charge on any atom is 0.195 e. The van der Waals surface area contributed by atoms with Gasteiger partial charge in [-0.1, -0.05) is 18.6 Å². The maximum atomic E-state index is 13.1. The molecule has 5 heteroatoms. The Morgan fingerprint density at radius 1 is 1.32 bits per heavy atom. The Morgan fingerprint density at radius 2 is 2.04 bits per heavy atom. The van der Waals surface area contributed by atoms with Gasteiger partial charge in [-0.25, -0.2) is 0 Å².